The molecule has 3 aromatic rings. The first-order valence-corrected chi connectivity index (χ1v) is 8.85. The summed E-state index contributed by atoms with van der Waals surface area (Å²) >= 11 is 3.35. The van der Waals surface area contributed by atoms with Crippen molar-refractivity contribution in [2.24, 2.45) is 0 Å². The highest BCUT2D eigenvalue weighted by Gasteiger charge is 2.31. The summed E-state index contributed by atoms with van der Waals surface area (Å²) in [6, 6.07) is 14.7. The van der Waals surface area contributed by atoms with Crippen molar-refractivity contribution in [1.82, 2.24) is 4.90 Å². The number of carbonyl (C=O) groups excluding carboxylic acids is 1. The van der Waals surface area contributed by atoms with Gasteiger partial charge in [0.2, 0.25) is 0 Å². The van der Waals surface area contributed by atoms with E-state index in [0.717, 1.165) is 29.6 Å². The van der Waals surface area contributed by atoms with Crippen LogP contribution in [0.2, 0.25) is 0 Å². The molecule has 0 unspecified atom stereocenters. The van der Waals surface area contributed by atoms with E-state index in [4.69, 9.17) is 0 Å². The van der Waals surface area contributed by atoms with E-state index in [1.807, 2.05) is 18.2 Å². The molecule has 1 aliphatic heterocycles. The van der Waals surface area contributed by atoms with Crippen LogP contribution in [0.1, 0.15) is 33.4 Å². The lowest BCUT2D eigenvalue weighted by molar-refractivity contribution is 0.0743. The minimum Gasteiger partial charge on any atom is -0.330 e. The molecule has 21 heavy (non-hydrogen) atoms. The second-order valence-electron chi connectivity index (χ2n) is 5.32. The molecule has 0 radical (unpaired) electrons. The van der Waals surface area contributed by atoms with Gasteiger partial charge in [-0.25, -0.2) is 0 Å². The predicted octanol–water partition coefficient (Wildman–Crippen LogP) is 4.94. The molecule has 0 saturated carbocycles. The number of nitrogens with zero attached hydrogens (tertiary/aromatic N) is 1. The molecule has 1 aliphatic rings. The van der Waals surface area contributed by atoms with Crippen LogP contribution in [0.5, 0.6) is 0 Å². The predicted molar refractivity (Wildman–Crippen MR) is 89.2 cm³/mol. The van der Waals surface area contributed by atoms with Crippen LogP contribution in [0.15, 0.2) is 47.8 Å². The van der Waals surface area contributed by atoms with Crippen molar-refractivity contribution in [1.29, 1.82) is 0 Å². The van der Waals surface area contributed by atoms with E-state index in [2.05, 4.69) is 34.5 Å². The van der Waals surface area contributed by atoms with E-state index in [1.54, 1.807) is 22.7 Å². The molecule has 2 nitrogen and oxygen atoms in total. The highest BCUT2D eigenvalue weighted by atomic mass is 32.1. The smallest absolute Gasteiger partial charge is 0.264 e. The average Bonchev–Trinajstić information content (AvgIpc) is 3.23. The maximum atomic E-state index is 12.9. The van der Waals surface area contributed by atoms with Gasteiger partial charge in [-0.1, -0.05) is 24.3 Å². The highest BCUT2D eigenvalue weighted by molar-refractivity contribution is 7.20. The van der Waals surface area contributed by atoms with Gasteiger partial charge in [-0.15, -0.1) is 22.7 Å². The van der Waals surface area contributed by atoms with E-state index in [0.29, 0.717) is 0 Å². The number of thiophene rings is 2. The van der Waals surface area contributed by atoms with Gasteiger partial charge in [-0.05, 0) is 41.8 Å². The zero-order chi connectivity index (χ0) is 14.2. The molecule has 2 aromatic heterocycles. The Kier molecular flexibility index (Phi) is 3.28. The number of benzene rings is 1. The fourth-order valence-corrected chi connectivity index (χ4v) is 4.91. The van der Waals surface area contributed by atoms with Gasteiger partial charge in [0.05, 0.1) is 10.9 Å². The molecule has 1 aromatic carbocycles. The largest absolute Gasteiger partial charge is 0.330 e. The molecule has 3 heterocycles. The van der Waals surface area contributed by atoms with E-state index in [9.17, 15) is 4.79 Å². The lowest BCUT2D eigenvalue weighted by Gasteiger charge is -2.23. The summed E-state index contributed by atoms with van der Waals surface area (Å²) in [5.74, 6) is 0.187. The van der Waals surface area contributed by atoms with Gasteiger partial charge in [-0.2, -0.15) is 0 Å². The lowest BCUT2D eigenvalue weighted by Crippen LogP contribution is -2.29. The van der Waals surface area contributed by atoms with Crippen molar-refractivity contribution in [2.45, 2.75) is 18.9 Å². The molecule has 1 saturated heterocycles. The fraction of sp³-hybridized carbons (Fsp3) is 0.235. The summed E-state index contributed by atoms with van der Waals surface area (Å²) in [5, 5.41) is 3.26. The van der Waals surface area contributed by atoms with Crippen LogP contribution < -0.4 is 0 Å². The summed E-state index contributed by atoms with van der Waals surface area (Å²) in [6.07, 6.45) is 2.18. The Morgan fingerprint density at radius 2 is 2.10 bits per heavy atom. The van der Waals surface area contributed by atoms with Crippen molar-refractivity contribution in [2.75, 3.05) is 6.54 Å². The fourth-order valence-electron chi connectivity index (χ4n) is 3.02. The van der Waals surface area contributed by atoms with Crippen LogP contribution in [0.4, 0.5) is 0 Å². The standard InChI is InChI=1S/C17H15NOS2/c19-17(16-11-12-5-1-2-7-14(12)21-16)18-9-3-6-13(18)15-8-4-10-20-15/h1-2,4-5,7-8,10-11,13H,3,6,9H2/t13-/m1/s1. The molecule has 1 fully saturated rings. The van der Waals surface area contributed by atoms with Crippen molar-refractivity contribution >= 4 is 38.7 Å². The maximum Gasteiger partial charge on any atom is 0.264 e. The van der Waals surface area contributed by atoms with Crippen molar-refractivity contribution in [3.8, 4) is 0 Å². The van der Waals surface area contributed by atoms with E-state index in [-0.39, 0.29) is 11.9 Å². The number of hydrogen-bond donors (Lipinski definition) is 0. The van der Waals surface area contributed by atoms with E-state index >= 15 is 0 Å². The highest BCUT2D eigenvalue weighted by Crippen LogP contribution is 2.37. The van der Waals surface area contributed by atoms with Gasteiger partial charge in [0.15, 0.2) is 0 Å². The van der Waals surface area contributed by atoms with Gasteiger partial charge in [0, 0.05) is 16.1 Å². The van der Waals surface area contributed by atoms with Gasteiger partial charge in [-0.3, -0.25) is 4.79 Å². The van der Waals surface area contributed by atoms with Crippen LogP contribution >= 0.6 is 22.7 Å². The monoisotopic (exact) mass is 313 g/mol. The first-order chi connectivity index (χ1) is 10.3. The number of amides is 1. The van der Waals surface area contributed by atoms with Crippen LogP contribution in [0.25, 0.3) is 10.1 Å². The third kappa shape index (κ3) is 2.28. The lowest BCUT2D eigenvalue weighted by atomic mass is 10.2. The number of likely N-dealkylation sites (tertiary alicyclic amines) is 1. The average molecular weight is 313 g/mol. The second kappa shape index (κ2) is 5.28. The summed E-state index contributed by atoms with van der Waals surface area (Å²) in [4.78, 5) is 17.1. The number of hydrogen-bond acceptors (Lipinski definition) is 3. The first kappa shape index (κ1) is 13.0. The Hall–Kier alpha value is -1.65. The Morgan fingerprint density at radius 3 is 2.90 bits per heavy atom. The Labute approximate surface area is 131 Å². The third-order valence-corrected chi connectivity index (χ3v) is 6.10. The molecular weight excluding hydrogens is 298 g/mol. The summed E-state index contributed by atoms with van der Waals surface area (Å²) < 4.78 is 1.19. The quantitative estimate of drug-likeness (QED) is 0.656. The molecule has 0 spiro atoms. The minimum atomic E-state index is 0.187. The zero-order valence-electron chi connectivity index (χ0n) is 11.5. The zero-order valence-corrected chi connectivity index (χ0v) is 13.1. The maximum absolute atomic E-state index is 12.9. The molecule has 4 heteroatoms. The van der Waals surface area contributed by atoms with Gasteiger partial charge >= 0.3 is 0 Å². The molecule has 0 aliphatic carbocycles. The van der Waals surface area contributed by atoms with Crippen molar-refractivity contribution < 1.29 is 4.79 Å². The normalized spacial score (nSPS) is 18.5. The number of fused-ring (bicyclic) bond motifs is 1. The van der Waals surface area contributed by atoms with Crippen molar-refractivity contribution in [3.05, 3.63) is 57.6 Å². The molecule has 1 amide bonds. The van der Waals surface area contributed by atoms with E-state index in [1.165, 1.54) is 9.58 Å². The third-order valence-electron chi connectivity index (χ3n) is 4.02. The molecular formula is C17H15NOS2. The number of rotatable bonds is 2. The summed E-state index contributed by atoms with van der Waals surface area (Å²) in [5.41, 5.74) is 0. The Balaban J connectivity index is 1.67. The van der Waals surface area contributed by atoms with Gasteiger partial charge < -0.3 is 4.90 Å². The molecule has 4 rings (SSSR count). The molecule has 0 N–H and O–H groups in total. The van der Waals surface area contributed by atoms with Crippen LogP contribution in [0, 0.1) is 0 Å². The van der Waals surface area contributed by atoms with Crippen LogP contribution in [-0.4, -0.2) is 17.4 Å². The molecule has 0 bridgehead atoms. The Bertz CT molecular complexity index is 742. The minimum absolute atomic E-state index is 0.187. The number of carbonyl (C=O) groups is 1. The summed E-state index contributed by atoms with van der Waals surface area (Å²) in [7, 11) is 0. The topological polar surface area (TPSA) is 20.3 Å². The first-order valence-electron chi connectivity index (χ1n) is 7.16. The van der Waals surface area contributed by atoms with Crippen LogP contribution in [0.3, 0.4) is 0 Å². The summed E-state index contributed by atoms with van der Waals surface area (Å²) in [6.45, 7) is 0.871. The van der Waals surface area contributed by atoms with Crippen molar-refractivity contribution in [3.63, 3.8) is 0 Å². The van der Waals surface area contributed by atoms with Gasteiger partial charge in [0.1, 0.15) is 0 Å². The van der Waals surface area contributed by atoms with E-state index < -0.39 is 0 Å². The van der Waals surface area contributed by atoms with Gasteiger partial charge in [0.25, 0.3) is 5.91 Å². The molecule has 1 atom stereocenters. The van der Waals surface area contributed by atoms with Crippen LogP contribution in [-0.2, 0) is 0 Å². The Morgan fingerprint density at radius 1 is 1.19 bits per heavy atom. The SMILES string of the molecule is O=C(c1cc2ccccc2s1)N1CCC[C@@H]1c1cccs1. The molecule has 106 valence electrons. The second-order valence-corrected chi connectivity index (χ2v) is 7.38.